The van der Waals surface area contributed by atoms with Gasteiger partial charge in [0.25, 0.3) is 5.91 Å². The summed E-state index contributed by atoms with van der Waals surface area (Å²) in [5, 5.41) is 48.9. The fourth-order valence-corrected chi connectivity index (χ4v) is 3.14. The molecule has 0 bridgehead atoms. The highest BCUT2D eigenvalue weighted by atomic mass is 16.7. The predicted octanol–water partition coefficient (Wildman–Crippen LogP) is -1.02. The van der Waals surface area contributed by atoms with E-state index in [1.165, 1.54) is 0 Å². The van der Waals surface area contributed by atoms with Gasteiger partial charge in [0.2, 0.25) is 0 Å². The molecule has 0 aromatic rings. The smallest absolute Gasteiger partial charge is 0.254 e. The number of amides is 1. The molecule has 9 heteroatoms. The standard InChI is InChI=1S/C18H35NO8/c1-3-4-5-6-7-18(2)26-12-13(22)16(27-18)14(23)15(24)17(25)19(8-10-20)9-11-21/h13-16,20-24H,3-12H2,1-2H3/t13-,14-,15-,16-,18?/m1/s1. The van der Waals surface area contributed by atoms with Gasteiger partial charge in [-0.15, -0.1) is 0 Å². The highest BCUT2D eigenvalue weighted by Crippen LogP contribution is 2.30. The van der Waals surface area contributed by atoms with E-state index >= 15 is 0 Å². The van der Waals surface area contributed by atoms with Crippen LogP contribution in [0.3, 0.4) is 0 Å². The molecule has 1 aliphatic rings. The summed E-state index contributed by atoms with van der Waals surface area (Å²) in [5.41, 5.74) is 0. The topological polar surface area (TPSA) is 140 Å². The summed E-state index contributed by atoms with van der Waals surface area (Å²) in [6.07, 6.45) is -1.33. The second kappa shape index (κ2) is 11.9. The molecule has 160 valence electrons. The number of hydrogen-bond donors (Lipinski definition) is 5. The molecule has 0 radical (unpaired) electrons. The summed E-state index contributed by atoms with van der Waals surface area (Å²) in [6.45, 7) is 2.87. The zero-order valence-electron chi connectivity index (χ0n) is 16.3. The number of aliphatic hydroxyl groups is 5. The Morgan fingerprint density at radius 2 is 1.81 bits per heavy atom. The van der Waals surface area contributed by atoms with Crippen LogP contribution >= 0.6 is 0 Å². The molecule has 1 amide bonds. The van der Waals surface area contributed by atoms with Crippen LogP contribution in [0.15, 0.2) is 0 Å². The summed E-state index contributed by atoms with van der Waals surface area (Å²) in [7, 11) is 0. The van der Waals surface area contributed by atoms with E-state index in [-0.39, 0.29) is 32.9 Å². The summed E-state index contributed by atoms with van der Waals surface area (Å²) in [4.78, 5) is 13.4. The first kappa shape index (κ1) is 24.2. The molecule has 0 aromatic heterocycles. The highest BCUT2D eigenvalue weighted by Gasteiger charge is 2.45. The van der Waals surface area contributed by atoms with Crippen molar-refractivity contribution in [3.63, 3.8) is 0 Å². The van der Waals surface area contributed by atoms with Gasteiger partial charge in [-0.3, -0.25) is 4.79 Å². The Balaban J connectivity index is 2.74. The lowest BCUT2D eigenvalue weighted by Crippen LogP contribution is -2.59. The maximum Gasteiger partial charge on any atom is 0.254 e. The molecule has 0 aliphatic carbocycles. The Labute approximate surface area is 160 Å². The third-order valence-corrected chi connectivity index (χ3v) is 4.77. The Morgan fingerprint density at radius 1 is 1.19 bits per heavy atom. The molecule has 0 aromatic carbocycles. The molecule has 1 unspecified atom stereocenters. The molecular weight excluding hydrogens is 358 g/mol. The van der Waals surface area contributed by atoms with Gasteiger partial charge in [-0.2, -0.15) is 0 Å². The normalized spacial score (nSPS) is 28.0. The van der Waals surface area contributed by atoms with Gasteiger partial charge in [-0.1, -0.05) is 26.2 Å². The maximum atomic E-state index is 12.3. The average Bonchev–Trinajstić information content (AvgIpc) is 2.65. The fourth-order valence-electron chi connectivity index (χ4n) is 3.14. The maximum absolute atomic E-state index is 12.3. The number of rotatable bonds is 12. The first-order valence-corrected chi connectivity index (χ1v) is 9.66. The van der Waals surface area contributed by atoms with Crippen LogP contribution in [-0.2, 0) is 14.3 Å². The van der Waals surface area contributed by atoms with Crippen molar-refractivity contribution in [3.05, 3.63) is 0 Å². The molecule has 0 saturated carbocycles. The van der Waals surface area contributed by atoms with E-state index in [4.69, 9.17) is 19.7 Å². The number of nitrogens with zero attached hydrogens (tertiary/aromatic N) is 1. The zero-order chi connectivity index (χ0) is 20.4. The van der Waals surface area contributed by atoms with Crippen LogP contribution < -0.4 is 0 Å². The van der Waals surface area contributed by atoms with E-state index in [2.05, 4.69) is 6.92 Å². The third-order valence-electron chi connectivity index (χ3n) is 4.77. The molecule has 0 spiro atoms. The first-order chi connectivity index (χ1) is 12.8. The van der Waals surface area contributed by atoms with E-state index < -0.39 is 36.1 Å². The van der Waals surface area contributed by atoms with Crippen molar-refractivity contribution < 1.29 is 39.8 Å². The molecule has 9 nitrogen and oxygen atoms in total. The van der Waals surface area contributed by atoms with Crippen LogP contribution in [0.1, 0.15) is 46.0 Å². The van der Waals surface area contributed by atoms with Crippen LogP contribution in [0.2, 0.25) is 0 Å². The Bertz CT molecular complexity index is 432. The van der Waals surface area contributed by atoms with Gasteiger partial charge in [0.05, 0.1) is 19.8 Å². The third kappa shape index (κ3) is 7.26. The van der Waals surface area contributed by atoms with E-state index in [9.17, 15) is 20.1 Å². The van der Waals surface area contributed by atoms with E-state index in [1.807, 2.05) is 0 Å². The number of carbonyl (C=O) groups excluding carboxylic acids is 1. The van der Waals surface area contributed by atoms with Crippen LogP contribution in [0, 0.1) is 0 Å². The summed E-state index contributed by atoms with van der Waals surface area (Å²) in [6, 6.07) is 0. The van der Waals surface area contributed by atoms with Gasteiger partial charge >= 0.3 is 0 Å². The van der Waals surface area contributed by atoms with Crippen molar-refractivity contribution in [3.8, 4) is 0 Å². The minimum absolute atomic E-state index is 0.0795. The van der Waals surface area contributed by atoms with E-state index in [0.29, 0.717) is 6.42 Å². The SMILES string of the molecule is CCCCCCC1(C)OC[C@@H](O)[C@H]([C@H](O)[C@@H](O)C(=O)N(CCO)CCO)O1. The van der Waals surface area contributed by atoms with Crippen molar-refractivity contribution in [1.29, 1.82) is 0 Å². The van der Waals surface area contributed by atoms with Crippen LogP contribution in [-0.4, -0.2) is 99.5 Å². The Hall–Kier alpha value is -0.810. The van der Waals surface area contributed by atoms with Crippen LogP contribution in [0.25, 0.3) is 0 Å². The Kier molecular flexibility index (Phi) is 10.7. The lowest BCUT2D eigenvalue weighted by Gasteiger charge is -2.43. The molecule has 1 saturated heterocycles. The van der Waals surface area contributed by atoms with E-state index in [1.54, 1.807) is 6.92 Å². The summed E-state index contributed by atoms with van der Waals surface area (Å²) in [5.74, 6) is -1.87. The summed E-state index contributed by atoms with van der Waals surface area (Å²) >= 11 is 0. The quantitative estimate of drug-likeness (QED) is 0.266. The van der Waals surface area contributed by atoms with Crippen molar-refractivity contribution in [1.82, 2.24) is 4.90 Å². The lowest BCUT2D eigenvalue weighted by molar-refractivity contribution is -0.333. The first-order valence-electron chi connectivity index (χ1n) is 9.66. The van der Waals surface area contributed by atoms with Crippen LogP contribution in [0.5, 0.6) is 0 Å². The molecule has 1 fully saturated rings. The van der Waals surface area contributed by atoms with Gasteiger partial charge in [0, 0.05) is 19.5 Å². The fraction of sp³-hybridized carbons (Fsp3) is 0.944. The van der Waals surface area contributed by atoms with Gasteiger partial charge in [0.15, 0.2) is 11.9 Å². The number of aliphatic hydroxyl groups excluding tert-OH is 5. The van der Waals surface area contributed by atoms with Gasteiger partial charge < -0.3 is 39.9 Å². The van der Waals surface area contributed by atoms with Crippen molar-refractivity contribution in [2.45, 2.75) is 76.2 Å². The number of carbonyl (C=O) groups is 1. The van der Waals surface area contributed by atoms with Crippen molar-refractivity contribution in [2.24, 2.45) is 0 Å². The molecular formula is C18H35NO8. The van der Waals surface area contributed by atoms with Crippen molar-refractivity contribution in [2.75, 3.05) is 32.9 Å². The monoisotopic (exact) mass is 393 g/mol. The molecule has 1 rings (SSSR count). The van der Waals surface area contributed by atoms with Crippen molar-refractivity contribution >= 4 is 5.91 Å². The number of hydrogen-bond acceptors (Lipinski definition) is 8. The van der Waals surface area contributed by atoms with Crippen LogP contribution in [0.4, 0.5) is 0 Å². The largest absolute Gasteiger partial charge is 0.395 e. The predicted molar refractivity (Wildman–Crippen MR) is 96.8 cm³/mol. The molecule has 1 aliphatic heterocycles. The minimum Gasteiger partial charge on any atom is -0.395 e. The summed E-state index contributed by atoms with van der Waals surface area (Å²) < 4.78 is 11.3. The second-order valence-electron chi connectivity index (χ2n) is 7.11. The van der Waals surface area contributed by atoms with Gasteiger partial charge in [-0.25, -0.2) is 0 Å². The lowest BCUT2D eigenvalue weighted by atomic mass is 9.98. The zero-order valence-corrected chi connectivity index (χ0v) is 16.3. The molecule has 5 N–H and O–H groups in total. The average molecular weight is 393 g/mol. The minimum atomic E-state index is -1.86. The van der Waals surface area contributed by atoms with Gasteiger partial charge in [0.1, 0.15) is 18.3 Å². The van der Waals surface area contributed by atoms with Gasteiger partial charge in [-0.05, 0) is 13.3 Å². The second-order valence-corrected chi connectivity index (χ2v) is 7.11. The molecule has 27 heavy (non-hydrogen) atoms. The highest BCUT2D eigenvalue weighted by molar-refractivity contribution is 5.81. The van der Waals surface area contributed by atoms with E-state index in [0.717, 1.165) is 30.6 Å². The Morgan fingerprint density at radius 3 is 2.37 bits per heavy atom. The molecule has 1 heterocycles. The number of unbranched alkanes of at least 4 members (excludes halogenated alkanes) is 3. The molecule has 5 atom stereocenters. The number of ether oxygens (including phenoxy) is 2.